The highest BCUT2D eigenvalue weighted by Gasteiger charge is 2.17. The Morgan fingerprint density at radius 3 is 2.46 bits per heavy atom. The normalized spacial score (nSPS) is 10.3. The molecule has 138 valence electrons. The Labute approximate surface area is 160 Å². The van der Waals surface area contributed by atoms with Crippen molar-refractivity contribution in [2.75, 3.05) is 20.8 Å². The van der Waals surface area contributed by atoms with Gasteiger partial charge in [-0.1, -0.05) is 29.3 Å². The smallest absolute Gasteiger partial charge is 0.342 e. The van der Waals surface area contributed by atoms with E-state index < -0.39 is 18.5 Å². The zero-order chi connectivity index (χ0) is 19.3. The van der Waals surface area contributed by atoms with Gasteiger partial charge < -0.3 is 19.5 Å². The van der Waals surface area contributed by atoms with Crippen LogP contribution in [0.1, 0.15) is 15.9 Å². The van der Waals surface area contributed by atoms with Crippen molar-refractivity contribution in [2.24, 2.45) is 0 Å². The summed E-state index contributed by atoms with van der Waals surface area (Å²) in [5.41, 5.74) is 0.736. The largest absolute Gasteiger partial charge is 0.507 e. The number of phenols is 1. The van der Waals surface area contributed by atoms with E-state index in [0.29, 0.717) is 15.8 Å². The fourth-order valence-electron chi connectivity index (χ4n) is 2.13. The Morgan fingerprint density at radius 2 is 1.85 bits per heavy atom. The summed E-state index contributed by atoms with van der Waals surface area (Å²) in [6.07, 6.45) is 0. The summed E-state index contributed by atoms with van der Waals surface area (Å²) in [6.45, 7) is -0.177. The van der Waals surface area contributed by atoms with E-state index in [4.69, 9.17) is 32.7 Å². The van der Waals surface area contributed by atoms with Crippen LogP contribution < -0.4 is 4.74 Å². The first-order valence-electron chi connectivity index (χ1n) is 7.54. The van der Waals surface area contributed by atoms with E-state index in [1.54, 1.807) is 25.2 Å². The van der Waals surface area contributed by atoms with Gasteiger partial charge in [-0.3, -0.25) is 4.79 Å². The number of benzene rings is 2. The monoisotopic (exact) mass is 397 g/mol. The number of carbonyl (C=O) groups excluding carboxylic acids is 2. The third-order valence-corrected chi connectivity index (χ3v) is 4.32. The van der Waals surface area contributed by atoms with Crippen molar-refractivity contribution in [3.8, 4) is 11.5 Å². The predicted molar refractivity (Wildman–Crippen MR) is 97.9 cm³/mol. The molecule has 0 radical (unpaired) electrons. The summed E-state index contributed by atoms with van der Waals surface area (Å²) in [5, 5.41) is 10.6. The fourth-order valence-corrected chi connectivity index (χ4v) is 2.45. The number of nitrogens with zero attached hydrogens (tertiary/aromatic N) is 1. The zero-order valence-electron chi connectivity index (χ0n) is 14.2. The first-order valence-corrected chi connectivity index (χ1v) is 8.29. The van der Waals surface area contributed by atoms with E-state index in [9.17, 15) is 14.7 Å². The quantitative estimate of drug-likeness (QED) is 0.754. The molecule has 0 atom stereocenters. The molecule has 0 fully saturated rings. The lowest BCUT2D eigenvalue weighted by Crippen LogP contribution is -2.30. The molecule has 0 heterocycles. The van der Waals surface area contributed by atoms with Crippen molar-refractivity contribution in [3.05, 3.63) is 57.6 Å². The van der Waals surface area contributed by atoms with Crippen molar-refractivity contribution in [1.82, 2.24) is 4.90 Å². The summed E-state index contributed by atoms with van der Waals surface area (Å²) >= 11 is 11.8. The van der Waals surface area contributed by atoms with E-state index in [-0.39, 0.29) is 17.9 Å². The van der Waals surface area contributed by atoms with Crippen LogP contribution in [-0.4, -0.2) is 42.6 Å². The highest BCUT2D eigenvalue weighted by molar-refractivity contribution is 6.42. The number of hydrogen-bond donors (Lipinski definition) is 1. The molecule has 0 aromatic heterocycles. The topological polar surface area (TPSA) is 76.1 Å². The number of carbonyl (C=O) groups is 2. The van der Waals surface area contributed by atoms with Crippen LogP contribution >= 0.6 is 23.2 Å². The lowest BCUT2D eigenvalue weighted by atomic mass is 10.2. The molecule has 0 saturated carbocycles. The predicted octanol–water partition coefficient (Wildman–Crippen LogP) is 3.52. The number of esters is 1. The first kappa shape index (κ1) is 19.9. The molecule has 0 spiro atoms. The first-order chi connectivity index (χ1) is 12.3. The number of phenolic OH excluding ortho intramolecular Hbond substituents is 1. The van der Waals surface area contributed by atoms with Crippen LogP contribution in [0.25, 0.3) is 0 Å². The third kappa shape index (κ3) is 5.03. The second kappa shape index (κ2) is 8.78. The summed E-state index contributed by atoms with van der Waals surface area (Å²) in [6, 6.07) is 9.21. The van der Waals surface area contributed by atoms with Crippen molar-refractivity contribution in [2.45, 2.75) is 6.54 Å². The molecule has 0 bridgehead atoms. The van der Waals surface area contributed by atoms with E-state index >= 15 is 0 Å². The van der Waals surface area contributed by atoms with Gasteiger partial charge >= 0.3 is 5.97 Å². The molecule has 0 aliphatic carbocycles. The molecule has 2 aromatic rings. The molecule has 0 unspecified atom stereocenters. The Morgan fingerprint density at radius 1 is 1.12 bits per heavy atom. The number of likely N-dealkylation sites (N-methyl/N-ethyl adjacent to an activating group) is 1. The number of amides is 1. The summed E-state index contributed by atoms with van der Waals surface area (Å²) in [4.78, 5) is 25.5. The van der Waals surface area contributed by atoms with Gasteiger partial charge in [-0.15, -0.1) is 0 Å². The van der Waals surface area contributed by atoms with Crippen LogP contribution in [0.2, 0.25) is 10.0 Å². The van der Waals surface area contributed by atoms with Gasteiger partial charge in [-0.2, -0.15) is 0 Å². The molecular formula is C18H17Cl2NO5. The Kier molecular flexibility index (Phi) is 6.71. The van der Waals surface area contributed by atoms with E-state index in [1.165, 1.54) is 30.2 Å². The number of rotatable bonds is 6. The molecule has 0 aliphatic rings. The second-order valence-corrected chi connectivity index (χ2v) is 6.27. The number of hydrogen-bond acceptors (Lipinski definition) is 5. The van der Waals surface area contributed by atoms with Crippen LogP contribution in [0.15, 0.2) is 36.4 Å². The van der Waals surface area contributed by atoms with E-state index in [1.807, 2.05) is 0 Å². The summed E-state index contributed by atoms with van der Waals surface area (Å²) < 4.78 is 9.91. The molecule has 1 N–H and O–H groups in total. The molecule has 6 nitrogen and oxygen atoms in total. The van der Waals surface area contributed by atoms with Crippen molar-refractivity contribution < 1.29 is 24.2 Å². The molecule has 0 aliphatic heterocycles. The van der Waals surface area contributed by atoms with Crippen molar-refractivity contribution >= 4 is 35.1 Å². The molecule has 2 aromatic carbocycles. The minimum Gasteiger partial charge on any atom is -0.507 e. The number of methoxy groups -OCH3 is 1. The standard InChI is InChI=1S/C18H17Cl2NO5/c1-21(9-11-3-6-14(19)15(20)7-11)17(23)10-26-18(24)13-5-4-12(25-2)8-16(13)22/h3-8,22H,9-10H2,1-2H3. The highest BCUT2D eigenvalue weighted by atomic mass is 35.5. The van der Waals surface area contributed by atoms with E-state index in [0.717, 1.165) is 5.56 Å². The summed E-state index contributed by atoms with van der Waals surface area (Å²) in [5.74, 6) is -1.10. The number of ether oxygens (including phenoxy) is 2. The molecule has 8 heteroatoms. The SMILES string of the molecule is COc1ccc(C(=O)OCC(=O)N(C)Cc2ccc(Cl)c(Cl)c2)c(O)c1. The maximum Gasteiger partial charge on any atom is 0.342 e. The van der Waals surface area contributed by atoms with Gasteiger partial charge in [0, 0.05) is 19.7 Å². The van der Waals surface area contributed by atoms with Crippen molar-refractivity contribution in [3.63, 3.8) is 0 Å². The second-order valence-electron chi connectivity index (χ2n) is 5.46. The van der Waals surface area contributed by atoms with Crippen molar-refractivity contribution in [1.29, 1.82) is 0 Å². The average molecular weight is 398 g/mol. The van der Waals surface area contributed by atoms with E-state index in [2.05, 4.69) is 0 Å². The van der Waals surface area contributed by atoms with Gasteiger partial charge in [0.2, 0.25) is 0 Å². The maximum absolute atomic E-state index is 12.1. The Balaban J connectivity index is 1.92. The van der Waals surface area contributed by atoms with Gasteiger partial charge in [0.1, 0.15) is 17.1 Å². The fraction of sp³-hybridized carbons (Fsp3) is 0.222. The molecule has 0 saturated heterocycles. The highest BCUT2D eigenvalue weighted by Crippen LogP contribution is 2.24. The van der Waals surface area contributed by atoms with Crippen LogP contribution in [0.4, 0.5) is 0 Å². The molecule has 1 amide bonds. The lowest BCUT2D eigenvalue weighted by Gasteiger charge is -2.17. The molecule has 26 heavy (non-hydrogen) atoms. The zero-order valence-corrected chi connectivity index (χ0v) is 15.7. The van der Waals surface area contributed by atoms with Crippen LogP contribution in [-0.2, 0) is 16.1 Å². The maximum atomic E-state index is 12.1. The average Bonchev–Trinajstić information content (AvgIpc) is 2.62. The van der Waals surface area contributed by atoms with Gasteiger partial charge in [0.25, 0.3) is 5.91 Å². The molecular weight excluding hydrogens is 381 g/mol. The van der Waals surface area contributed by atoms with Gasteiger partial charge in [-0.25, -0.2) is 4.79 Å². The molecule has 2 rings (SSSR count). The number of aromatic hydroxyl groups is 1. The minimum absolute atomic E-state index is 0.0502. The lowest BCUT2D eigenvalue weighted by molar-refractivity contribution is -0.133. The number of halogens is 2. The Bertz CT molecular complexity index is 825. The van der Waals surface area contributed by atoms with Gasteiger partial charge in [0.05, 0.1) is 17.2 Å². The van der Waals surface area contributed by atoms with Gasteiger partial charge in [0.15, 0.2) is 6.61 Å². The van der Waals surface area contributed by atoms with Crippen LogP contribution in [0.3, 0.4) is 0 Å². The Hall–Kier alpha value is -2.44. The van der Waals surface area contributed by atoms with Gasteiger partial charge in [-0.05, 0) is 29.8 Å². The summed E-state index contributed by atoms with van der Waals surface area (Å²) in [7, 11) is 3.01. The van der Waals surface area contributed by atoms with Crippen LogP contribution in [0.5, 0.6) is 11.5 Å². The minimum atomic E-state index is -0.804. The van der Waals surface area contributed by atoms with Crippen LogP contribution in [0, 0.1) is 0 Å². The third-order valence-electron chi connectivity index (χ3n) is 3.58.